The maximum Gasteiger partial charge on any atom is 0.328 e. The molecule has 0 aliphatic carbocycles. The lowest BCUT2D eigenvalue weighted by Crippen LogP contribution is -2.14. The molecule has 2 N–H and O–H groups in total. The van der Waals surface area contributed by atoms with Gasteiger partial charge in [-0.2, -0.15) is 0 Å². The zero-order valence-electron chi connectivity index (χ0n) is 10.9. The van der Waals surface area contributed by atoms with Crippen molar-refractivity contribution in [2.45, 2.75) is 19.9 Å². The summed E-state index contributed by atoms with van der Waals surface area (Å²) in [7, 11) is 1.79. The molecule has 4 nitrogen and oxygen atoms in total. The maximum absolute atomic E-state index is 10.5. The van der Waals surface area contributed by atoms with Crippen molar-refractivity contribution in [1.82, 2.24) is 5.32 Å². The van der Waals surface area contributed by atoms with E-state index in [2.05, 4.69) is 5.32 Å². The number of aliphatic carboxylic acids is 1. The summed E-state index contributed by atoms with van der Waals surface area (Å²) in [5.74, 6) is -0.0868. The Kier molecular flexibility index (Phi) is 5.39. The lowest BCUT2D eigenvalue weighted by Gasteiger charge is -2.14. The second kappa shape index (κ2) is 6.81. The number of nitrogens with one attached hydrogen (secondary N) is 1. The molecule has 1 atom stereocenters. The molecule has 0 bridgehead atoms. The van der Waals surface area contributed by atoms with Gasteiger partial charge in [0, 0.05) is 6.08 Å². The maximum atomic E-state index is 10.5. The van der Waals surface area contributed by atoms with Crippen LogP contribution in [-0.2, 0) is 4.79 Å². The number of rotatable bonds is 6. The molecule has 1 rings (SSSR count). The molecule has 98 valence electrons. The topological polar surface area (TPSA) is 58.6 Å². The molecule has 1 aromatic rings. The first-order valence-corrected chi connectivity index (χ1v) is 5.90. The van der Waals surface area contributed by atoms with Gasteiger partial charge in [0.2, 0.25) is 0 Å². The molecule has 0 amide bonds. The molecule has 0 saturated carbocycles. The highest BCUT2D eigenvalue weighted by molar-refractivity contribution is 5.79. The van der Waals surface area contributed by atoms with Gasteiger partial charge in [-0.1, -0.05) is 18.2 Å². The summed E-state index contributed by atoms with van der Waals surface area (Å²) in [6, 6.07) is 5.73. The number of hydrogen-bond donors (Lipinski definition) is 2. The molecule has 1 aromatic carbocycles. The summed E-state index contributed by atoms with van der Waals surface area (Å²) < 4.78 is 5.47. The highest BCUT2D eigenvalue weighted by Gasteiger charge is 2.08. The van der Waals surface area contributed by atoms with E-state index in [0.29, 0.717) is 6.61 Å². The normalized spacial score (nSPS) is 12.6. The monoisotopic (exact) mass is 249 g/mol. The molecule has 18 heavy (non-hydrogen) atoms. The van der Waals surface area contributed by atoms with E-state index >= 15 is 0 Å². The molecule has 0 aromatic heterocycles. The number of benzene rings is 1. The Balaban J connectivity index is 2.93. The minimum atomic E-state index is -0.946. The number of carboxylic acids is 1. The van der Waals surface area contributed by atoms with Crippen LogP contribution < -0.4 is 10.1 Å². The molecule has 0 saturated heterocycles. The van der Waals surface area contributed by atoms with Crippen LogP contribution in [0.2, 0.25) is 0 Å². The molecule has 0 heterocycles. The summed E-state index contributed by atoms with van der Waals surface area (Å²) in [4.78, 5) is 10.5. The van der Waals surface area contributed by atoms with Gasteiger partial charge in [0.05, 0.1) is 12.6 Å². The first-order valence-electron chi connectivity index (χ1n) is 5.90. The molecule has 4 heteroatoms. The van der Waals surface area contributed by atoms with E-state index in [1.54, 1.807) is 13.1 Å². The quantitative estimate of drug-likeness (QED) is 0.759. The average molecular weight is 249 g/mol. The minimum Gasteiger partial charge on any atom is -0.494 e. The molecule has 0 aliphatic heterocycles. The van der Waals surface area contributed by atoms with E-state index in [9.17, 15) is 4.79 Å². The Morgan fingerprint density at radius 2 is 2.28 bits per heavy atom. The van der Waals surface area contributed by atoms with E-state index in [-0.39, 0.29) is 6.04 Å². The van der Waals surface area contributed by atoms with Crippen molar-refractivity contribution in [3.63, 3.8) is 0 Å². The standard InChI is InChI=1S/C14H19NO3/c1-4-18-13-7-5-11(9-10(13)2)12(15-3)6-8-14(16)17/h5-9,12,15H,4H2,1-3H3,(H,16,17)/b8-6+. The largest absolute Gasteiger partial charge is 0.494 e. The summed E-state index contributed by atoms with van der Waals surface area (Å²) in [5.41, 5.74) is 2.05. The average Bonchev–Trinajstić information content (AvgIpc) is 2.33. The molecule has 1 unspecified atom stereocenters. The van der Waals surface area contributed by atoms with Crippen LogP contribution in [0.4, 0.5) is 0 Å². The van der Waals surface area contributed by atoms with Crippen LogP contribution in [0.3, 0.4) is 0 Å². The second-order valence-corrected chi connectivity index (χ2v) is 3.92. The van der Waals surface area contributed by atoms with Crippen LogP contribution in [0.1, 0.15) is 24.1 Å². The number of carboxylic acid groups (broad SMARTS) is 1. The third kappa shape index (κ3) is 3.89. The molecule has 0 radical (unpaired) electrons. The van der Waals surface area contributed by atoms with Crippen molar-refractivity contribution in [2.75, 3.05) is 13.7 Å². The fourth-order valence-corrected chi connectivity index (χ4v) is 1.74. The van der Waals surface area contributed by atoms with Gasteiger partial charge in [-0.3, -0.25) is 0 Å². The Hall–Kier alpha value is -1.81. The van der Waals surface area contributed by atoms with Crippen LogP contribution >= 0.6 is 0 Å². The fraction of sp³-hybridized carbons (Fsp3) is 0.357. The van der Waals surface area contributed by atoms with Crippen LogP contribution in [0.25, 0.3) is 0 Å². The van der Waals surface area contributed by atoms with E-state index in [1.807, 2.05) is 32.0 Å². The van der Waals surface area contributed by atoms with Gasteiger partial charge in [-0.25, -0.2) is 4.79 Å². The van der Waals surface area contributed by atoms with Crippen LogP contribution in [0.15, 0.2) is 30.4 Å². The lowest BCUT2D eigenvalue weighted by molar-refractivity contribution is -0.131. The predicted octanol–water partition coefficient (Wildman–Crippen LogP) is 2.30. The van der Waals surface area contributed by atoms with Crippen LogP contribution in [0.5, 0.6) is 5.75 Å². The van der Waals surface area contributed by atoms with Crippen molar-refractivity contribution in [1.29, 1.82) is 0 Å². The second-order valence-electron chi connectivity index (χ2n) is 3.92. The lowest BCUT2D eigenvalue weighted by atomic mass is 10.0. The number of hydrogen-bond acceptors (Lipinski definition) is 3. The number of aryl methyl sites for hydroxylation is 1. The Morgan fingerprint density at radius 3 is 2.78 bits per heavy atom. The first kappa shape index (κ1) is 14.3. The van der Waals surface area contributed by atoms with Gasteiger partial charge in [-0.05, 0) is 38.1 Å². The molecule has 0 fully saturated rings. The Labute approximate surface area is 107 Å². The van der Waals surface area contributed by atoms with E-state index in [1.165, 1.54) is 0 Å². The van der Waals surface area contributed by atoms with Crippen molar-refractivity contribution < 1.29 is 14.6 Å². The van der Waals surface area contributed by atoms with Gasteiger partial charge < -0.3 is 15.2 Å². The van der Waals surface area contributed by atoms with Gasteiger partial charge in [-0.15, -0.1) is 0 Å². The predicted molar refractivity (Wildman–Crippen MR) is 70.9 cm³/mol. The van der Waals surface area contributed by atoms with Gasteiger partial charge in [0.1, 0.15) is 5.75 Å². The highest BCUT2D eigenvalue weighted by atomic mass is 16.5. The number of carbonyl (C=O) groups is 1. The smallest absolute Gasteiger partial charge is 0.328 e. The van der Waals surface area contributed by atoms with Crippen molar-refractivity contribution in [2.24, 2.45) is 0 Å². The van der Waals surface area contributed by atoms with Crippen molar-refractivity contribution >= 4 is 5.97 Å². The summed E-state index contributed by atoms with van der Waals surface area (Å²) >= 11 is 0. The van der Waals surface area contributed by atoms with Gasteiger partial charge in [0.15, 0.2) is 0 Å². The highest BCUT2D eigenvalue weighted by Crippen LogP contribution is 2.23. The third-order valence-electron chi connectivity index (χ3n) is 2.60. The number of ether oxygens (including phenoxy) is 1. The van der Waals surface area contributed by atoms with Crippen LogP contribution in [-0.4, -0.2) is 24.7 Å². The Morgan fingerprint density at radius 1 is 1.56 bits per heavy atom. The van der Waals surface area contributed by atoms with Crippen molar-refractivity contribution in [3.8, 4) is 5.75 Å². The molecule has 0 aliphatic rings. The SMILES string of the molecule is CCOc1ccc(C(/C=C/C(=O)O)NC)cc1C. The summed E-state index contributed by atoms with van der Waals surface area (Å²) in [6.45, 7) is 4.55. The zero-order valence-corrected chi connectivity index (χ0v) is 10.9. The molecular weight excluding hydrogens is 230 g/mol. The summed E-state index contributed by atoms with van der Waals surface area (Å²) in [6.07, 6.45) is 2.77. The first-order chi connectivity index (χ1) is 8.58. The molecular formula is C14H19NO3. The summed E-state index contributed by atoms with van der Waals surface area (Å²) in [5, 5.41) is 11.7. The minimum absolute atomic E-state index is 0.115. The van der Waals surface area contributed by atoms with Gasteiger partial charge in [0.25, 0.3) is 0 Å². The van der Waals surface area contributed by atoms with E-state index < -0.39 is 5.97 Å². The van der Waals surface area contributed by atoms with E-state index in [0.717, 1.165) is 23.0 Å². The fourth-order valence-electron chi connectivity index (χ4n) is 1.74. The van der Waals surface area contributed by atoms with Crippen molar-refractivity contribution in [3.05, 3.63) is 41.5 Å². The van der Waals surface area contributed by atoms with Gasteiger partial charge >= 0.3 is 5.97 Å². The molecule has 0 spiro atoms. The zero-order chi connectivity index (χ0) is 13.5. The Bertz CT molecular complexity index is 441. The van der Waals surface area contributed by atoms with E-state index in [4.69, 9.17) is 9.84 Å². The van der Waals surface area contributed by atoms with Crippen LogP contribution in [0, 0.1) is 6.92 Å². The third-order valence-corrected chi connectivity index (χ3v) is 2.60. The number of likely N-dealkylation sites (N-methyl/N-ethyl adjacent to an activating group) is 1.